The molecule has 0 bridgehead atoms. The Labute approximate surface area is 186 Å². The van der Waals surface area contributed by atoms with Gasteiger partial charge < -0.3 is 14.2 Å². The monoisotopic (exact) mass is 469 g/mol. The molecule has 2 aromatic carbocycles. The van der Waals surface area contributed by atoms with Gasteiger partial charge in [0.2, 0.25) is 10.0 Å². The number of carbonyl (C=O) groups excluding carboxylic acids is 2. The minimum absolute atomic E-state index is 0.00990. The Hall–Kier alpha value is -2.62. The van der Waals surface area contributed by atoms with E-state index in [1.165, 1.54) is 19.2 Å². The molecule has 0 atom stereocenters. The second-order valence-electron chi connectivity index (χ2n) is 7.48. The summed E-state index contributed by atoms with van der Waals surface area (Å²) in [5, 5.41) is 0.533. The SMILES string of the molecule is COc1ccc(C(=O)OCC(=O)OC(C)(C)C)cc1S(=O)(=O)NCc1ccc(Cl)cc1. The quantitative estimate of drug-likeness (QED) is 0.590. The van der Waals surface area contributed by atoms with Crippen LogP contribution in [0.3, 0.4) is 0 Å². The highest BCUT2D eigenvalue weighted by molar-refractivity contribution is 7.89. The average molecular weight is 470 g/mol. The summed E-state index contributed by atoms with van der Waals surface area (Å²) in [5.74, 6) is -1.54. The lowest BCUT2D eigenvalue weighted by Gasteiger charge is -2.19. The lowest BCUT2D eigenvalue weighted by molar-refractivity contribution is -0.158. The molecule has 0 aliphatic rings. The van der Waals surface area contributed by atoms with Gasteiger partial charge in [-0.2, -0.15) is 0 Å². The molecule has 0 saturated carbocycles. The summed E-state index contributed by atoms with van der Waals surface area (Å²) < 4.78 is 43.2. The molecule has 0 aliphatic carbocycles. The summed E-state index contributed by atoms with van der Waals surface area (Å²) in [7, 11) is -2.72. The zero-order chi connectivity index (χ0) is 23.2. The topological polar surface area (TPSA) is 108 Å². The van der Waals surface area contributed by atoms with Gasteiger partial charge in [-0.15, -0.1) is 0 Å². The van der Waals surface area contributed by atoms with Crippen LogP contribution in [0, 0.1) is 0 Å². The van der Waals surface area contributed by atoms with Crippen molar-refractivity contribution < 1.29 is 32.2 Å². The molecule has 10 heteroatoms. The predicted molar refractivity (Wildman–Crippen MR) is 115 cm³/mol. The molecule has 1 N–H and O–H groups in total. The van der Waals surface area contributed by atoms with Crippen LogP contribution in [0.5, 0.6) is 5.75 Å². The molecule has 31 heavy (non-hydrogen) atoms. The Morgan fingerprint density at radius 2 is 1.71 bits per heavy atom. The van der Waals surface area contributed by atoms with E-state index in [0.717, 1.165) is 6.07 Å². The maximum Gasteiger partial charge on any atom is 0.344 e. The third-order valence-electron chi connectivity index (χ3n) is 3.81. The van der Waals surface area contributed by atoms with Crippen molar-refractivity contribution in [3.63, 3.8) is 0 Å². The van der Waals surface area contributed by atoms with Gasteiger partial charge in [0.1, 0.15) is 16.2 Å². The first-order valence-corrected chi connectivity index (χ1v) is 11.1. The second-order valence-corrected chi connectivity index (χ2v) is 9.65. The normalized spacial score (nSPS) is 11.6. The van der Waals surface area contributed by atoms with Gasteiger partial charge in [0, 0.05) is 11.6 Å². The van der Waals surface area contributed by atoms with Crippen LogP contribution in [0.15, 0.2) is 47.4 Å². The number of esters is 2. The number of hydrogen-bond acceptors (Lipinski definition) is 7. The first kappa shape index (κ1) is 24.6. The van der Waals surface area contributed by atoms with Crippen molar-refractivity contribution in [1.82, 2.24) is 4.72 Å². The van der Waals surface area contributed by atoms with Gasteiger partial charge in [-0.25, -0.2) is 22.7 Å². The zero-order valence-electron chi connectivity index (χ0n) is 17.6. The first-order valence-electron chi connectivity index (χ1n) is 9.22. The second kappa shape index (κ2) is 10.1. The van der Waals surface area contributed by atoms with Crippen molar-refractivity contribution in [2.45, 2.75) is 37.8 Å². The van der Waals surface area contributed by atoms with Crippen molar-refractivity contribution in [3.8, 4) is 5.75 Å². The minimum atomic E-state index is -4.03. The molecule has 168 valence electrons. The van der Waals surface area contributed by atoms with E-state index < -0.39 is 34.2 Å². The fraction of sp³-hybridized carbons (Fsp3) is 0.333. The lowest BCUT2D eigenvalue weighted by atomic mass is 10.2. The smallest absolute Gasteiger partial charge is 0.344 e. The van der Waals surface area contributed by atoms with E-state index in [9.17, 15) is 18.0 Å². The highest BCUT2D eigenvalue weighted by Crippen LogP contribution is 2.25. The Bertz CT molecular complexity index is 1040. The van der Waals surface area contributed by atoms with Crippen LogP contribution in [0.25, 0.3) is 0 Å². The Morgan fingerprint density at radius 1 is 1.06 bits per heavy atom. The van der Waals surface area contributed by atoms with Crippen LogP contribution in [0.2, 0.25) is 5.02 Å². The van der Waals surface area contributed by atoms with E-state index in [4.69, 9.17) is 25.8 Å². The zero-order valence-corrected chi connectivity index (χ0v) is 19.2. The van der Waals surface area contributed by atoms with Crippen LogP contribution in [0.4, 0.5) is 0 Å². The molecule has 0 aliphatic heterocycles. The molecule has 0 unspecified atom stereocenters. The highest BCUT2D eigenvalue weighted by atomic mass is 35.5. The molecule has 2 aromatic rings. The first-order chi connectivity index (χ1) is 14.4. The van der Waals surface area contributed by atoms with Crippen LogP contribution in [-0.4, -0.2) is 39.7 Å². The van der Waals surface area contributed by atoms with Crippen LogP contribution in [0.1, 0.15) is 36.7 Å². The van der Waals surface area contributed by atoms with Gasteiger partial charge in [-0.1, -0.05) is 23.7 Å². The Morgan fingerprint density at radius 3 is 2.29 bits per heavy atom. The fourth-order valence-electron chi connectivity index (χ4n) is 2.45. The number of hydrogen-bond donors (Lipinski definition) is 1. The summed E-state index contributed by atoms with van der Waals surface area (Å²) in [6.45, 7) is 4.47. The number of ether oxygens (including phenoxy) is 3. The van der Waals surface area contributed by atoms with Crippen molar-refractivity contribution in [1.29, 1.82) is 0 Å². The standard InChI is InChI=1S/C21H24ClNO7S/c1-21(2,3)30-19(24)13-29-20(25)15-7-10-17(28-4)18(11-15)31(26,27)23-12-14-5-8-16(22)9-6-14/h5-11,23H,12-13H2,1-4H3. The number of nitrogens with one attached hydrogen (secondary N) is 1. The summed E-state index contributed by atoms with van der Waals surface area (Å²) in [6.07, 6.45) is 0. The molecule has 0 amide bonds. The van der Waals surface area contributed by atoms with Crippen molar-refractivity contribution in [2.75, 3.05) is 13.7 Å². The van der Waals surface area contributed by atoms with Gasteiger partial charge in [0.15, 0.2) is 6.61 Å². The molecule has 0 fully saturated rings. The van der Waals surface area contributed by atoms with Gasteiger partial charge in [0.05, 0.1) is 12.7 Å². The van der Waals surface area contributed by atoms with E-state index in [1.54, 1.807) is 45.0 Å². The largest absolute Gasteiger partial charge is 0.495 e. The molecule has 0 saturated heterocycles. The molecule has 0 heterocycles. The van der Waals surface area contributed by atoms with E-state index in [1.807, 2.05) is 0 Å². The molecule has 0 spiro atoms. The number of carbonyl (C=O) groups is 2. The molecule has 8 nitrogen and oxygen atoms in total. The molecule has 2 rings (SSSR count). The van der Waals surface area contributed by atoms with Gasteiger partial charge in [-0.3, -0.25) is 0 Å². The summed E-state index contributed by atoms with van der Waals surface area (Å²) in [5.41, 5.74) is -0.0863. The highest BCUT2D eigenvalue weighted by Gasteiger charge is 2.23. The van der Waals surface area contributed by atoms with E-state index in [-0.39, 0.29) is 22.8 Å². The third-order valence-corrected chi connectivity index (χ3v) is 5.48. The Kier molecular flexibility index (Phi) is 8.05. The number of sulfonamides is 1. The molecular weight excluding hydrogens is 446 g/mol. The molecule has 0 radical (unpaired) electrons. The third kappa shape index (κ3) is 7.54. The van der Waals surface area contributed by atoms with Crippen LogP contribution in [-0.2, 0) is 30.8 Å². The minimum Gasteiger partial charge on any atom is -0.495 e. The van der Waals surface area contributed by atoms with E-state index in [0.29, 0.717) is 10.6 Å². The lowest BCUT2D eigenvalue weighted by Crippen LogP contribution is -2.27. The van der Waals surface area contributed by atoms with Crippen molar-refractivity contribution in [3.05, 3.63) is 58.6 Å². The van der Waals surface area contributed by atoms with E-state index in [2.05, 4.69) is 4.72 Å². The maximum atomic E-state index is 12.8. The number of rotatable bonds is 8. The van der Waals surface area contributed by atoms with E-state index >= 15 is 0 Å². The summed E-state index contributed by atoms with van der Waals surface area (Å²) in [4.78, 5) is 23.8. The Balaban J connectivity index is 2.15. The number of halogens is 1. The number of benzene rings is 2. The summed E-state index contributed by atoms with van der Waals surface area (Å²) >= 11 is 5.83. The van der Waals surface area contributed by atoms with Gasteiger partial charge in [0.25, 0.3) is 0 Å². The van der Waals surface area contributed by atoms with Crippen molar-refractivity contribution in [2.24, 2.45) is 0 Å². The number of methoxy groups -OCH3 is 1. The molecule has 0 aromatic heterocycles. The molecular formula is C21H24ClNO7S. The fourth-order valence-corrected chi connectivity index (χ4v) is 3.79. The van der Waals surface area contributed by atoms with Crippen molar-refractivity contribution >= 4 is 33.6 Å². The summed E-state index contributed by atoms with van der Waals surface area (Å²) in [6, 6.07) is 10.5. The van der Waals surface area contributed by atoms with Crippen LogP contribution >= 0.6 is 11.6 Å². The average Bonchev–Trinajstić information content (AvgIpc) is 2.70. The van der Waals surface area contributed by atoms with Gasteiger partial charge >= 0.3 is 11.9 Å². The van der Waals surface area contributed by atoms with Gasteiger partial charge in [-0.05, 0) is 56.7 Å². The van der Waals surface area contributed by atoms with Crippen LogP contribution < -0.4 is 9.46 Å². The maximum absolute atomic E-state index is 12.8. The predicted octanol–water partition coefficient (Wildman–Crippen LogP) is 3.33.